The van der Waals surface area contributed by atoms with Crippen molar-refractivity contribution in [2.24, 2.45) is 0 Å². The molecule has 0 aromatic heterocycles. The van der Waals surface area contributed by atoms with E-state index in [-0.39, 0.29) is 6.10 Å². The molecule has 0 saturated heterocycles. The summed E-state index contributed by atoms with van der Waals surface area (Å²) in [5.41, 5.74) is 2.59. The van der Waals surface area contributed by atoms with Gasteiger partial charge in [0.25, 0.3) is 0 Å². The van der Waals surface area contributed by atoms with Gasteiger partial charge in [-0.1, -0.05) is 19.9 Å². The molecule has 0 amide bonds. The normalized spacial score (nSPS) is 24.2. The summed E-state index contributed by atoms with van der Waals surface area (Å²) >= 11 is 0. The fourth-order valence-electron chi connectivity index (χ4n) is 2.10. The molecule has 0 aliphatic carbocycles. The maximum absolute atomic E-state index is 5.91. The van der Waals surface area contributed by atoms with E-state index in [1.54, 1.807) is 0 Å². The number of hydrogen-bond acceptors (Lipinski definition) is 2. The second kappa shape index (κ2) is 4.00. The summed E-state index contributed by atoms with van der Waals surface area (Å²) in [6.45, 7) is 8.77. The maximum Gasteiger partial charge on any atom is 0.143 e. The molecular formula is C14H21NO. The zero-order valence-electron chi connectivity index (χ0n) is 10.8. The SMILES string of the molecule is CC(C)c1ccc2c(c1)N(C)C(C)C(C)O2. The molecule has 88 valence electrons. The Morgan fingerprint density at radius 2 is 1.94 bits per heavy atom. The van der Waals surface area contributed by atoms with Gasteiger partial charge >= 0.3 is 0 Å². The molecule has 1 aromatic rings. The third-order valence-electron chi connectivity index (χ3n) is 3.63. The van der Waals surface area contributed by atoms with E-state index in [1.165, 1.54) is 11.3 Å². The fourth-order valence-corrected chi connectivity index (χ4v) is 2.10. The van der Waals surface area contributed by atoms with Gasteiger partial charge < -0.3 is 9.64 Å². The van der Waals surface area contributed by atoms with Crippen molar-refractivity contribution in [3.05, 3.63) is 23.8 Å². The molecule has 1 aliphatic rings. The average molecular weight is 219 g/mol. The largest absolute Gasteiger partial charge is 0.486 e. The molecule has 0 fully saturated rings. The molecule has 2 nitrogen and oxygen atoms in total. The Kier molecular flexibility index (Phi) is 2.83. The highest BCUT2D eigenvalue weighted by atomic mass is 16.5. The highest BCUT2D eigenvalue weighted by Gasteiger charge is 2.27. The van der Waals surface area contributed by atoms with Gasteiger partial charge in [-0.25, -0.2) is 0 Å². The van der Waals surface area contributed by atoms with Gasteiger partial charge in [0.1, 0.15) is 11.9 Å². The number of benzene rings is 1. The molecule has 0 bridgehead atoms. The van der Waals surface area contributed by atoms with Crippen LogP contribution in [0, 0.1) is 0 Å². The molecule has 2 heteroatoms. The van der Waals surface area contributed by atoms with E-state index in [2.05, 4.69) is 57.8 Å². The lowest BCUT2D eigenvalue weighted by Crippen LogP contribution is -2.44. The van der Waals surface area contributed by atoms with Crippen LogP contribution in [0.3, 0.4) is 0 Å². The second-order valence-electron chi connectivity index (χ2n) is 5.06. The first kappa shape index (κ1) is 11.3. The summed E-state index contributed by atoms with van der Waals surface area (Å²) in [5, 5.41) is 0. The number of nitrogens with zero attached hydrogens (tertiary/aromatic N) is 1. The number of anilines is 1. The average Bonchev–Trinajstić information content (AvgIpc) is 2.25. The molecule has 0 N–H and O–H groups in total. The Labute approximate surface area is 98.2 Å². The highest BCUT2D eigenvalue weighted by Crippen LogP contribution is 2.37. The topological polar surface area (TPSA) is 12.5 Å². The third kappa shape index (κ3) is 1.77. The van der Waals surface area contributed by atoms with Crippen LogP contribution in [0.25, 0.3) is 0 Å². The van der Waals surface area contributed by atoms with E-state index in [4.69, 9.17) is 4.74 Å². The zero-order valence-corrected chi connectivity index (χ0v) is 10.8. The Morgan fingerprint density at radius 3 is 2.56 bits per heavy atom. The molecule has 0 spiro atoms. The lowest BCUT2D eigenvalue weighted by molar-refractivity contribution is 0.179. The standard InChI is InChI=1S/C14H21NO/c1-9(2)12-6-7-14-13(8-12)15(5)10(3)11(4)16-14/h6-11H,1-5H3. The number of likely N-dealkylation sites (N-methyl/N-ethyl adjacent to an activating group) is 1. The Bertz CT molecular complexity index is 386. The molecule has 1 aromatic carbocycles. The minimum Gasteiger partial charge on any atom is -0.486 e. The van der Waals surface area contributed by atoms with E-state index < -0.39 is 0 Å². The van der Waals surface area contributed by atoms with E-state index in [0.29, 0.717) is 12.0 Å². The van der Waals surface area contributed by atoms with Crippen LogP contribution in [0.5, 0.6) is 5.75 Å². The van der Waals surface area contributed by atoms with Crippen LogP contribution < -0.4 is 9.64 Å². The minimum absolute atomic E-state index is 0.252. The number of hydrogen-bond donors (Lipinski definition) is 0. The molecule has 2 unspecified atom stereocenters. The molecule has 2 atom stereocenters. The predicted octanol–water partition coefficient (Wildman–Crippen LogP) is 3.42. The van der Waals surface area contributed by atoms with Crippen molar-refractivity contribution in [3.8, 4) is 5.75 Å². The van der Waals surface area contributed by atoms with Crippen LogP contribution in [0.4, 0.5) is 5.69 Å². The number of rotatable bonds is 1. The molecule has 2 rings (SSSR count). The smallest absolute Gasteiger partial charge is 0.143 e. The van der Waals surface area contributed by atoms with E-state index in [1.807, 2.05) is 0 Å². The van der Waals surface area contributed by atoms with Gasteiger partial charge in [-0.3, -0.25) is 0 Å². The quantitative estimate of drug-likeness (QED) is 0.717. The van der Waals surface area contributed by atoms with Crippen LogP contribution in [-0.2, 0) is 0 Å². The first-order valence-electron chi connectivity index (χ1n) is 6.04. The Morgan fingerprint density at radius 1 is 1.25 bits per heavy atom. The van der Waals surface area contributed by atoms with Gasteiger partial charge in [-0.2, -0.15) is 0 Å². The van der Waals surface area contributed by atoms with Crippen molar-refractivity contribution in [1.29, 1.82) is 0 Å². The first-order valence-corrected chi connectivity index (χ1v) is 6.04. The van der Waals surface area contributed by atoms with Gasteiger partial charge in [-0.15, -0.1) is 0 Å². The monoisotopic (exact) mass is 219 g/mol. The summed E-state index contributed by atoms with van der Waals surface area (Å²) < 4.78 is 5.91. The van der Waals surface area contributed by atoms with Gasteiger partial charge in [0.2, 0.25) is 0 Å². The number of ether oxygens (including phenoxy) is 1. The van der Waals surface area contributed by atoms with E-state index >= 15 is 0 Å². The molecule has 0 radical (unpaired) electrons. The highest BCUT2D eigenvalue weighted by molar-refractivity contribution is 5.62. The molecule has 1 aliphatic heterocycles. The molecule has 1 heterocycles. The summed E-state index contributed by atoms with van der Waals surface area (Å²) in [6.07, 6.45) is 0.252. The maximum atomic E-state index is 5.91. The Balaban J connectivity index is 2.42. The van der Waals surface area contributed by atoms with Crippen LogP contribution in [0.1, 0.15) is 39.2 Å². The molecule has 16 heavy (non-hydrogen) atoms. The third-order valence-corrected chi connectivity index (χ3v) is 3.63. The first-order chi connectivity index (χ1) is 7.50. The minimum atomic E-state index is 0.252. The summed E-state index contributed by atoms with van der Waals surface area (Å²) in [6, 6.07) is 6.95. The van der Waals surface area contributed by atoms with Crippen molar-refractivity contribution in [2.45, 2.75) is 45.8 Å². The zero-order chi connectivity index (χ0) is 11.9. The van der Waals surface area contributed by atoms with Crippen LogP contribution >= 0.6 is 0 Å². The van der Waals surface area contributed by atoms with Crippen molar-refractivity contribution in [2.75, 3.05) is 11.9 Å². The van der Waals surface area contributed by atoms with Crippen molar-refractivity contribution in [3.63, 3.8) is 0 Å². The summed E-state index contributed by atoms with van der Waals surface area (Å²) in [4.78, 5) is 2.31. The van der Waals surface area contributed by atoms with Crippen molar-refractivity contribution < 1.29 is 4.74 Å². The van der Waals surface area contributed by atoms with Crippen molar-refractivity contribution >= 4 is 5.69 Å². The Hall–Kier alpha value is -1.18. The van der Waals surface area contributed by atoms with E-state index in [9.17, 15) is 0 Å². The molecular weight excluding hydrogens is 198 g/mol. The van der Waals surface area contributed by atoms with E-state index in [0.717, 1.165) is 5.75 Å². The van der Waals surface area contributed by atoms with Crippen LogP contribution in [-0.4, -0.2) is 19.2 Å². The van der Waals surface area contributed by atoms with Gasteiger partial charge in [0.15, 0.2) is 0 Å². The fraction of sp³-hybridized carbons (Fsp3) is 0.571. The van der Waals surface area contributed by atoms with Gasteiger partial charge in [-0.05, 0) is 37.5 Å². The van der Waals surface area contributed by atoms with Gasteiger partial charge in [0.05, 0.1) is 11.7 Å². The second-order valence-corrected chi connectivity index (χ2v) is 5.06. The predicted molar refractivity (Wildman–Crippen MR) is 68.5 cm³/mol. The number of fused-ring (bicyclic) bond motifs is 1. The van der Waals surface area contributed by atoms with Crippen LogP contribution in [0.2, 0.25) is 0 Å². The van der Waals surface area contributed by atoms with Crippen LogP contribution in [0.15, 0.2) is 18.2 Å². The lowest BCUT2D eigenvalue weighted by atomic mass is 10.0. The molecule has 0 saturated carbocycles. The summed E-state index contributed by atoms with van der Waals surface area (Å²) in [7, 11) is 2.15. The summed E-state index contributed by atoms with van der Waals surface area (Å²) in [5.74, 6) is 1.57. The van der Waals surface area contributed by atoms with Gasteiger partial charge in [0, 0.05) is 7.05 Å². The van der Waals surface area contributed by atoms with Crippen molar-refractivity contribution in [1.82, 2.24) is 0 Å². The lowest BCUT2D eigenvalue weighted by Gasteiger charge is -2.38.